The van der Waals surface area contributed by atoms with E-state index in [1.54, 1.807) is 0 Å². The van der Waals surface area contributed by atoms with Crippen molar-refractivity contribution in [3.05, 3.63) is 0 Å². The first-order valence-electron chi connectivity index (χ1n) is 3.40. The van der Waals surface area contributed by atoms with Gasteiger partial charge in [-0.2, -0.15) is 0 Å². The molecular formula is C6H9NO2S. The second-order valence-electron chi connectivity index (χ2n) is 2.79. The van der Waals surface area contributed by atoms with Gasteiger partial charge in [0.1, 0.15) is 0 Å². The molecule has 0 radical (unpaired) electrons. The largest absolute Gasteiger partial charge is 0.365 e. The Morgan fingerprint density at radius 3 is 2.60 bits per heavy atom. The van der Waals surface area contributed by atoms with Gasteiger partial charge in [0.05, 0.1) is 4.75 Å². The number of amides is 1. The van der Waals surface area contributed by atoms with Crippen molar-refractivity contribution in [2.75, 3.05) is 0 Å². The Kier molecular flexibility index (Phi) is 1.22. The van der Waals surface area contributed by atoms with Gasteiger partial charge in [-0.15, -0.1) is 0 Å². The van der Waals surface area contributed by atoms with E-state index < -0.39 is 5.56 Å². The molecule has 0 aromatic carbocycles. The molecule has 1 amide bonds. The van der Waals surface area contributed by atoms with E-state index in [9.17, 15) is 4.79 Å². The predicted molar refractivity (Wildman–Crippen MR) is 38.3 cm³/mol. The van der Waals surface area contributed by atoms with Gasteiger partial charge in [0.2, 0.25) is 5.91 Å². The Morgan fingerprint density at radius 2 is 2.40 bits per heavy atom. The van der Waals surface area contributed by atoms with Gasteiger partial charge in [-0.25, -0.2) is 0 Å². The van der Waals surface area contributed by atoms with Crippen LogP contribution in [0.25, 0.3) is 0 Å². The third-order valence-corrected chi connectivity index (χ3v) is 3.55. The lowest BCUT2D eigenvalue weighted by Crippen LogP contribution is -2.42. The molecule has 1 atom stereocenters. The van der Waals surface area contributed by atoms with Gasteiger partial charge in [0, 0.05) is 0 Å². The van der Waals surface area contributed by atoms with Gasteiger partial charge in [-0.3, -0.25) is 4.79 Å². The van der Waals surface area contributed by atoms with E-state index in [0.29, 0.717) is 0 Å². The van der Waals surface area contributed by atoms with E-state index in [1.165, 1.54) is 11.8 Å². The molecule has 1 aliphatic carbocycles. The Balaban J connectivity index is 2.16. The lowest BCUT2D eigenvalue weighted by molar-refractivity contribution is -0.125. The van der Waals surface area contributed by atoms with Crippen molar-refractivity contribution < 1.29 is 9.90 Å². The minimum absolute atomic E-state index is 0.0243. The quantitative estimate of drug-likeness (QED) is 0.525. The van der Waals surface area contributed by atoms with Crippen molar-refractivity contribution in [2.24, 2.45) is 0 Å². The number of hydrogen-bond acceptors (Lipinski definition) is 3. The van der Waals surface area contributed by atoms with Crippen LogP contribution < -0.4 is 5.32 Å². The normalized spacial score (nSPS) is 35.7. The van der Waals surface area contributed by atoms with E-state index in [-0.39, 0.29) is 10.7 Å². The van der Waals surface area contributed by atoms with Crippen LogP contribution in [0.4, 0.5) is 0 Å². The maximum absolute atomic E-state index is 11.1. The average molecular weight is 159 g/mol. The Labute approximate surface area is 63.2 Å². The molecule has 56 valence electrons. The predicted octanol–water partition coefficient (Wildman–Crippen LogP) is 0.0480. The maximum atomic E-state index is 11.1. The molecule has 1 heterocycles. The number of hydrogen-bond donors (Lipinski definition) is 2. The number of aliphatic hydroxyl groups is 1. The van der Waals surface area contributed by atoms with Crippen molar-refractivity contribution >= 4 is 17.7 Å². The van der Waals surface area contributed by atoms with E-state index in [2.05, 4.69) is 5.32 Å². The van der Waals surface area contributed by atoms with Crippen LogP contribution >= 0.6 is 11.8 Å². The second kappa shape index (κ2) is 1.89. The van der Waals surface area contributed by atoms with E-state index >= 15 is 0 Å². The van der Waals surface area contributed by atoms with E-state index in [0.717, 1.165) is 19.3 Å². The zero-order valence-electron chi connectivity index (χ0n) is 5.46. The Bertz CT molecular complexity index is 179. The highest BCUT2D eigenvalue weighted by Gasteiger charge is 2.51. The SMILES string of the molecule is O=C1NC(O)SC12CCC2. The number of rotatable bonds is 0. The molecule has 2 aliphatic rings. The first-order valence-corrected chi connectivity index (χ1v) is 4.28. The van der Waals surface area contributed by atoms with Crippen molar-refractivity contribution in [2.45, 2.75) is 29.6 Å². The van der Waals surface area contributed by atoms with Crippen LogP contribution in [0.5, 0.6) is 0 Å². The highest BCUT2D eigenvalue weighted by molar-refractivity contribution is 8.02. The molecule has 3 nitrogen and oxygen atoms in total. The van der Waals surface area contributed by atoms with Crippen LogP contribution in [0.15, 0.2) is 0 Å². The monoisotopic (exact) mass is 159 g/mol. The van der Waals surface area contributed by atoms with Gasteiger partial charge in [-0.05, 0) is 19.3 Å². The molecule has 2 rings (SSSR count). The summed E-state index contributed by atoms with van der Waals surface area (Å²) >= 11 is 1.36. The van der Waals surface area contributed by atoms with Crippen molar-refractivity contribution in [3.8, 4) is 0 Å². The van der Waals surface area contributed by atoms with Gasteiger partial charge >= 0.3 is 0 Å². The highest BCUT2D eigenvalue weighted by Crippen LogP contribution is 2.48. The first-order chi connectivity index (χ1) is 4.73. The summed E-state index contributed by atoms with van der Waals surface area (Å²) in [6, 6.07) is 0. The molecule has 1 aliphatic heterocycles. The summed E-state index contributed by atoms with van der Waals surface area (Å²) in [5, 5.41) is 11.5. The van der Waals surface area contributed by atoms with Gasteiger partial charge < -0.3 is 10.4 Å². The molecule has 2 fully saturated rings. The van der Waals surface area contributed by atoms with E-state index in [1.807, 2.05) is 0 Å². The fourth-order valence-electron chi connectivity index (χ4n) is 1.38. The summed E-state index contributed by atoms with van der Waals surface area (Å²) < 4.78 is -0.237. The summed E-state index contributed by atoms with van der Waals surface area (Å²) in [4.78, 5) is 11.1. The van der Waals surface area contributed by atoms with Crippen LogP contribution in [0.2, 0.25) is 0 Å². The molecule has 4 heteroatoms. The lowest BCUT2D eigenvalue weighted by Gasteiger charge is -2.33. The molecule has 1 unspecified atom stereocenters. The zero-order chi connectivity index (χ0) is 7.19. The number of carbonyl (C=O) groups excluding carboxylic acids is 1. The fourth-order valence-corrected chi connectivity index (χ4v) is 2.67. The van der Waals surface area contributed by atoms with Crippen molar-refractivity contribution in [1.29, 1.82) is 0 Å². The molecule has 10 heavy (non-hydrogen) atoms. The molecule has 1 saturated carbocycles. The summed E-state index contributed by atoms with van der Waals surface area (Å²) in [5.41, 5.74) is -0.659. The Hall–Kier alpha value is -0.220. The van der Waals surface area contributed by atoms with Crippen LogP contribution in [0, 0.1) is 0 Å². The maximum Gasteiger partial charge on any atom is 0.239 e. The minimum Gasteiger partial charge on any atom is -0.365 e. The molecule has 1 spiro atoms. The summed E-state index contributed by atoms with van der Waals surface area (Å²) in [7, 11) is 0. The summed E-state index contributed by atoms with van der Waals surface area (Å²) in [6.07, 6.45) is 2.98. The lowest BCUT2D eigenvalue weighted by atomic mass is 9.84. The summed E-state index contributed by atoms with van der Waals surface area (Å²) in [6.45, 7) is 0. The third kappa shape index (κ3) is 0.689. The number of nitrogens with one attached hydrogen (secondary N) is 1. The topological polar surface area (TPSA) is 49.3 Å². The van der Waals surface area contributed by atoms with Gasteiger partial charge in [0.15, 0.2) is 5.56 Å². The van der Waals surface area contributed by atoms with Crippen molar-refractivity contribution in [1.82, 2.24) is 5.32 Å². The summed E-state index contributed by atoms with van der Waals surface area (Å²) in [5.74, 6) is 0.0243. The smallest absolute Gasteiger partial charge is 0.239 e. The van der Waals surface area contributed by atoms with Gasteiger partial charge in [-0.1, -0.05) is 11.8 Å². The number of carbonyl (C=O) groups is 1. The second-order valence-corrected chi connectivity index (χ2v) is 4.26. The number of thioether (sulfide) groups is 1. The van der Waals surface area contributed by atoms with Crippen molar-refractivity contribution in [3.63, 3.8) is 0 Å². The average Bonchev–Trinajstić information content (AvgIpc) is 2.04. The molecule has 0 bridgehead atoms. The molecule has 2 N–H and O–H groups in total. The van der Waals surface area contributed by atoms with Crippen LogP contribution in [0.3, 0.4) is 0 Å². The number of aliphatic hydroxyl groups excluding tert-OH is 1. The molecule has 0 aromatic rings. The van der Waals surface area contributed by atoms with Crippen LogP contribution in [-0.4, -0.2) is 21.3 Å². The highest BCUT2D eigenvalue weighted by atomic mass is 32.2. The zero-order valence-corrected chi connectivity index (χ0v) is 6.28. The fraction of sp³-hybridized carbons (Fsp3) is 0.833. The molecule has 0 aromatic heterocycles. The first kappa shape index (κ1) is 6.49. The van der Waals surface area contributed by atoms with Crippen LogP contribution in [-0.2, 0) is 4.79 Å². The Morgan fingerprint density at radius 1 is 1.70 bits per heavy atom. The third-order valence-electron chi connectivity index (χ3n) is 2.17. The van der Waals surface area contributed by atoms with Crippen LogP contribution in [0.1, 0.15) is 19.3 Å². The van der Waals surface area contributed by atoms with Gasteiger partial charge in [0.25, 0.3) is 0 Å². The minimum atomic E-state index is -0.659. The molecular weight excluding hydrogens is 150 g/mol. The standard InChI is InChI=1S/C6H9NO2S/c8-4-6(2-1-3-6)10-5(9)7-4/h5,9H,1-3H2,(H,7,8). The molecule has 1 saturated heterocycles. The van der Waals surface area contributed by atoms with E-state index in [4.69, 9.17) is 5.11 Å².